The Bertz CT molecular complexity index is 426. The van der Waals surface area contributed by atoms with Crippen LogP contribution in [0.25, 0.3) is 0 Å². The van der Waals surface area contributed by atoms with E-state index in [2.05, 4.69) is 4.98 Å². The molecular formula is C12H16ClF3N2O. The second-order valence-electron chi connectivity index (χ2n) is 4.12. The van der Waals surface area contributed by atoms with E-state index in [9.17, 15) is 13.2 Å². The summed E-state index contributed by atoms with van der Waals surface area (Å²) in [5.74, 6) is 0.201. The molecule has 0 aliphatic carbocycles. The van der Waals surface area contributed by atoms with Gasteiger partial charge in [0.2, 0.25) is 0 Å². The fraction of sp³-hybridized carbons (Fsp3) is 0.583. The number of hydrogen-bond donors (Lipinski definition) is 0. The van der Waals surface area contributed by atoms with E-state index in [0.29, 0.717) is 13.2 Å². The number of nitrogens with zero attached hydrogens (tertiary/aromatic N) is 2. The van der Waals surface area contributed by atoms with Crippen LogP contribution in [0.1, 0.15) is 19.4 Å². The molecule has 0 aromatic carbocycles. The summed E-state index contributed by atoms with van der Waals surface area (Å²) < 4.78 is 43.2. The molecule has 1 unspecified atom stereocenters. The first-order valence-electron chi connectivity index (χ1n) is 5.80. The van der Waals surface area contributed by atoms with Crippen LogP contribution in [0.3, 0.4) is 0 Å². The van der Waals surface area contributed by atoms with E-state index in [-0.39, 0.29) is 17.0 Å². The number of halogens is 4. The van der Waals surface area contributed by atoms with Crippen molar-refractivity contribution < 1.29 is 17.9 Å². The van der Waals surface area contributed by atoms with E-state index in [1.165, 1.54) is 7.11 Å². The first kappa shape index (κ1) is 16.0. The van der Waals surface area contributed by atoms with Crippen molar-refractivity contribution in [3.63, 3.8) is 0 Å². The van der Waals surface area contributed by atoms with Crippen molar-refractivity contribution in [1.29, 1.82) is 0 Å². The Morgan fingerprint density at radius 2 is 2.05 bits per heavy atom. The highest BCUT2D eigenvalue weighted by Crippen LogP contribution is 2.33. The molecule has 0 N–H and O–H groups in total. The average molecular weight is 297 g/mol. The van der Waals surface area contributed by atoms with Crippen molar-refractivity contribution in [3.8, 4) is 0 Å². The highest BCUT2D eigenvalue weighted by atomic mass is 35.5. The minimum absolute atomic E-state index is 0.0953. The van der Waals surface area contributed by atoms with E-state index < -0.39 is 11.7 Å². The SMILES string of the molecule is CCN(c1cc(C(F)(F)F)cc(Cl)n1)C(C)COC. The minimum atomic E-state index is -4.44. The van der Waals surface area contributed by atoms with E-state index in [4.69, 9.17) is 16.3 Å². The van der Waals surface area contributed by atoms with Crippen LogP contribution in [0.5, 0.6) is 0 Å². The lowest BCUT2D eigenvalue weighted by Gasteiger charge is -2.29. The van der Waals surface area contributed by atoms with E-state index in [1.807, 2.05) is 13.8 Å². The van der Waals surface area contributed by atoms with Gasteiger partial charge < -0.3 is 9.64 Å². The van der Waals surface area contributed by atoms with Gasteiger partial charge in [-0.15, -0.1) is 0 Å². The number of hydrogen-bond acceptors (Lipinski definition) is 3. The largest absolute Gasteiger partial charge is 0.416 e. The van der Waals surface area contributed by atoms with Gasteiger partial charge in [-0.3, -0.25) is 0 Å². The summed E-state index contributed by atoms with van der Waals surface area (Å²) in [6, 6.07) is 1.73. The Morgan fingerprint density at radius 3 is 2.53 bits per heavy atom. The van der Waals surface area contributed by atoms with E-state index >= 15 is 0 Å². The summed E-state index contributed by atoms with van der Waals surface area (Å²) in [5.41, 5.74) is -0.800. The Labute approximate surface area is 115 Å². The molecule has 0 fully saturated rings. The van der Waals surface area contributed by atoms with Gasteiger partial charge in [0, 0.05) is 13.7 Å². The fourth-order valence-corrected chi connectivity index (χ4v) is 2.03. The fourth-order valence-electron chi connectivity index (χ4n) is 1.82. The van der Waals surface area contributed by atoms with Gasteiger partial charge in [-0.1, -0.05) is 11.6 Å². The van der Waals surface area contributed by atoms with Crippen molar-refractivity contribution in [2.24, 2.45) is 0 Å². The number of anilines is 1. The topological polar surface area (TPSA) is 25.4 Å². The molecule has 0 bridgehead atoms. The summed E-state index contributed by atoms with van der Waals surface area (Å²) in [6.45, 7) is 4.59. The molecule has 1 aromatic heterocycles. The third-order valence-corrected chi connectivity index (χ3v) is 2.88. The zero-order valence-corrected chi connectivity index (χ0v) is 11.7. The number of aromatic nitrogens is 1. The van der Waals surface area contributed by atoms with Crippen LogP contribution in [0.2, 0.25) is 5.15 Å². The average Bonchev–Trinajstić information content (AvgIpc) is 2.28. The number of likely N-dealkylation sites (N-methyl/N-ethyl adjacent to an activating group) is 1. The summed E-state index contributed by atoms with van der Waals surface area (Å²) in [5, 5.41) is -0.173. The summed E-state index contributed by atoms with van der Waals surface area (Å²) >= 11 is 5.67. The molecule has 19 heavy (non-hydrogen) atoms. The highest BCUT2D eigenvalue weighted by molar-refractivity contribution is 6.29. The lowest BCUT2D eigenvalue weighted by Crippen LogP contribution is -2.36. The molecule has 1 heterocycles. The third-order valence-electron chi connectivity index (χ3n) is 2.68. The van der Waals surface area contributed by atoms with Gasteiger partial charge in [0.1, 0.15) is 11.0 Å². The molecule has 1 aromatic rings. The summed E-state index contributed by atoms with van der Waals surface area (Å²) in [7, 11) is 1.54. The zero-order chi connectivity index (χ0) is 14.6. The first-order chi connectivity index (χ1) is 8.79. The van der Waals surface area contributed by atoms with Crippen LogP contribution in [0.4, 0.5) is 19.0 Å². The van der Waals surface area contributed by atoms with Crippen molar-refractivity contribution in [2.75, 3.05) is 25.2 Å². The van der Waals surface area contributed by atoms with Crippen molar-refractivity contribution in [2.45, 2.75) is 26.1 Å². The van der Waals surface area contributed by atoms with Gasteiger partial charge in [-0.25, -0.2) is 4.98 Å². The Morgan fingerprint density at radius 1 is 1.42 bits per heavy atom. The lowest BCUT2D eigenvalue weighted by molar-refractivity contribution is -0.137. The van der Waals surface area contributed by atoms with E-state index in [0.717, 1.165) is 12.1 Å². The number of ether oxygens (including phenoxy) is 1. The van der Waals surface area contributed by atoms with Gasteiger partial charge in [-0.2, -0.15) is 13.2 Å². The Kier molecular flexibility index (Phi) is 5.43. The van der Waals surface area contributed by atoms with Gasteiger partial charge in [0.15, 0.2) is 0 Å². The van der Waals surface area contributed by atoms with Crippen LogP contribution in [-0.2, 0) is 10.9 Å². The van der Waals surface area contributed by atoms with Crippen LogP contribution in [0.15, 0.2) is 12.1 Å². The standard InChI is InChI=1S/C12H16ClF3N2O/c1-4-18(8(2)7-19-3)11-6-9(12(14,15)16)5-10(13)17-11/h5-6,8H,4,7H2,1-3H3. The Balaban J connectivity index is 3.14. The zero-order valence-electron chi connectivity index (χ0n) is 11.0. The molecule has 0 aliphatic rings. The summed E-state index contributed by atoms with van der Waals surface area (Å²) in [6.07, 6.45) is -4.44. The number of rotatable bonds is 5. The molecule has 0 radical (unpaired) electrons. The molecule has 0 amide bonds. The minimum Gasteiger partial charge on any atom is -0.383 e. The third kappa shape index (κ3) is 4.24. The maximum atomic E-state index is 12.7. The van der Waals surface area contributed by atoms with Crippen LogP contribution >= 0.6 is 11.6 Å². The predicted octanol–water partition coefficient (Wildman–Crippen LogP) is 3.62. The molecule has 108 valence electrons. The van der Waals surface area contributed by atoms with Crippen LogP contribution < -0.4 is 4.90 Å². The maximum Gasteiger partial charge on any atom is 0.416 e. The molecular weight excluding hydrogens is 281 g/mol. The smallest absolute Gasteiger partial charge is 0.383 e. The molecule has 7 heteroatoms. The molecule has 3 nitrogen and oxygen atoms in total. The molecule has 0 spiro atoms. The first-order valence-corrected chi connectivity index (χ1v) is 6.17. The monoisotopic (exact) mass is 296 g/mol. The second kappa shape index (κ2) is 6.43. The molecule has 0 aliphatic heterocycles. The molecule has 1 atom stereocenters. The number of alkyl halides is 3. The van der Waals surface area contributed by atoms with Crippen molar-refractivity contribution >= 4 is 17.4 Å². The normalized spacial score (nSPS) is 13.4. The van der Waals surface area contributed by atoms with Gasteiger partial charge >= 0.3 is 6.18 Å². The quantitative estimate of drug-likeness (QED) is 0.776. The number of methoxy groups -OCH3 is 1. The highest BCUT2D eigenvalue weighted by Gasteiger charge is 2.32. The Hall–Kier alpha value is -1.01. The molecule has 0 saturated carbocycles. The second-order valence-corrected chi connectivity index (χ2v) is 4.51. The summed E-state index contributed by atoms with van der Waals surface area (Å²) in [4.78, 5) is 5.67. The van der Waals surface area contributed by atoms with Crippen LogP contribution in [-0.4, -0.2) is 31.3 Å². The maximum absolute atomic E-state index is 12.7. The van der Waals surface area contributed by atoms with Crippen LogP contribution in [0, 0.1) is 0 Å². The lowest BCUT2D eigenvalue weighted by atomic mass is 10.2. The number of pyridine rings is 1. The molecule has 1 rings (SSSR count). The van der Waals surface area contributed by atoms with Crippen molar-refractivity contribution in [3.05, 3.63) is 22.8 Å². The van der Waals surface area contributed by atoms with E-state index in [1.54, 1.807) is 4.90 Å². The van der Waals surface area contributed by atoms with Crippen molar-refractivity contribution in [1.82, 2.24) is 4.98 Å². The van der Waals surface area contributed by atoms with Gasteiger partial charge in [0.05, 0.1) is 18.2 Å². The van der Waals surface area contributed by atoms with Gasteiger partial charge in [0.25, 0.3) is 0 Å². The predicted molar refractivity (Wildman–Crippen MR) is 68.6 cm³/mol. The van der Waals surface area contributed by atoms with Gasteiger partial charge in [-0.05, 0) is 26.0 Å². The molecule has 0 saturated heterocycles.